The predicted molar refractivity (Wildman–Crippen MR) is 57.9 cm³/mol. The molecule has 0 N–H and O–H groups in total. The fourth-order valence-corrected chi connectivity index (χ4v) is 1.80. The number of hydrogen-bond donors (Lipinski definition) is 0. The maximum atomic E-state index is 5.66. The zero-order valence-electron chi connectivity index (χ0n) is 8.61. The first-order valence-corrected chi connectivity index (χ1v) is 5.90. The van der Waals surface area contributed by atoms with Crippen molar-refractivity contribution >= 4 is 11.6 Å². The van der Waals surface area contributed by atoms with Gasteiger partial charge in [0.1, 0.15) is 0 Å². The van der Waals surface area contributed by atoms with Gasteiger partial charge in [0.25, 0.3) is 0 Å². The molecular weight excluding hydrogens is 168 g/mol. The summed E-state index contributed by atoms with van der Waals surface area (Å²) < 4.78 is 0. The molecule has 0 aromatic rings. The standard InChI is InChI=1S/C11H23Cl/c1-3-4-5-6-7-8-11(2)9-10-12/h11H,3-10H2,1-2H3. The lowest BCUT2D eigenvalue weighted by molar-refractivity contribution is 0.476. The van der Waals surface area contributed by atoms with E-state index in [-0.39, 0.29) is 0 Å². The summed E-state index contributed by atoms with van der Waals surface area (Å²) in [4.78, 5) is 0. The molecule has 0 aliphatic heterocycles. The molecule has 0 saturated carbocycles. The summed E-state index contributed by atoms with van der Waals surface area (Å²) in [6, 6.07) is 0. The number of alkyl halides is 1. The lowest BCUT2D eigenvalue weighted by atomic mass is 10.0. The number of rotatable bonds is 8. The molecule has 1 heteroatoms. The lowest BCUT2D eigenvalue weighted by Crippen LogP contribution is -1.95. The highest BCUT2D eigenvalue weighted by Gasteiger charge is 1.99. The Kier molecular flexibility index (Phi) is 9.61. The molecule has 0 saturated heterocycles. The number of halogens is 1. The molecule has 0 rings (SSSR count). The minimum atomic E-state index is 0.829. The highest BCUT2D eigenvalue weighted by atomic mass is 35.5. The van der Waals surface area contributed by atoms with Crippen molar-refractivity contribution in [2.45, 2.75) is 58.8 Å². The third-order valence-electron chi connectivity index (χ3n) is 2.40. The van der Waals surface area contributed by atoms with Gasteiger partial charge in [-0.2, -0.15) is 0 Å². The summed E-state index contributed by atoms with van der Waals surface area (Å²) >= 11 is 5.66. The van der Waals surface area contributed by atoms with E-state index in [1.165, 1.54) is 44.9 Å². The Morgan fingerprint density at radius 1 is 1.00 bits per heavy atom. The van der Waals surface area contributed by atoms with Crippen LogP contribution in [0.2, 0.25) is 0 Å². The molecule has 1 unspecified atom stereocenters. The van der Waals surface area contributed by atoms with Crippen molar-refractivity contribution in [3.05, 3.63) is 0 Å². The van der Waals surface area contributed by atoms with Gasteiger partial charge >= 0.3 is 0 Å². The quantitative estimate of drug-likeness (QED) is 0.387. The van der Waals surface area contributed by atoms with Crippen molar-refractivity contribution in [3.8, 4) is 0 Å². The van der Waals surface area contributed by atoms with Crippen molar-refractivity contribution in [1.82, 2.24) is 0 Å². The molecule has 0 aliphatic carbocycles. The zero-order chi connectivity index (χ0) is 9.23. The molecule has 0 bridgehead atoms. The largest absolute Gasteiger partial charge is 0.127 e. The molecule has 0 heterocycles. The van der Waals surface area contributed by atoms with Crippen LogP contribution in [0.15, 0.2) is 0 Å². The van der Waals surface area contributed by atoms with E-state index >= 15 is 0 Å². The Morgan fingerprint density at radius 2 is 1.67 bits per heavy atom. The minimum absolute atomic E-state index is 0.829. The van der Waals surface area contributed by atoms with Crippen LogP contribution in [0.4, 0.5) is 0 Å². The summed E-state index contributed by atoms with van der Waals surface area (Å²) in [6.07, 6.45) is 9.55. The van der Waals surface area contributed by atoms with Crippen molar-refractivity contribution in [2.75, 3.05) is 5.88 Å². The molecular formula is C11H23Cl. The summed E-state index contributed by atoms with van der Waals surface area (Å²) in [5.41, 5.74) is 0. The van der Waals surface area contributed by atoms with Crippen LogP contribution < -0.4 is 0 Å². The molecule has 12 heavy (non-hydrogen) atoms. The Hall–Kier alpha value is 0.290. The average molecular weight is 191 g/mol. The van der Waals surface area contributed by atoms with Gasteiger partial charge in [-0.15, -0.1) is 11.6 Å². The Labute approximate surface area is 82.7 Å². The molecule has 0 amide bonds. The SMILES string of the molecule is CCCCCCCC(C)CCCl. The molecule has 0 nitrogen and oxygen atoms in total. The van der Waals surface area contributed by atoms with Crippen LogP contribution in [-0.2, 0) is 0 Å². The van der Waals surface area contributed by atoms with Gasteiger partial charge in [0.05, 0.1) is 0 Å². The van der Waals surface area contributed by atoms with Crippen LogP contribution in [0.1, 0.15) is 58.8 Å². The zero-order valence-corrected chi connectivity index (χ0v) is 9.37. The fourth-order valence-electron chi connectivity index (χ4n) is 1.43. The van der Waals surface area contributed by atoms with Crippen LogP contribution >= 0.6 is 11.6 Å². The van der Waals surface area contributed by atoms with Crippen LogP contribution in [-0.4, -0.2) is 5.88 Å². The Morgan fingerprint density at radius 3 is 2.25 bits per heavy atom. The third-order valence-corrected chi connectivity index (χ3v) is 2.62. The Bertz CT molecular complexity index is 81.1. The van der Waals surface area contributed by atoms with E-state index < -0.39 is 0 Å². The molecule has 1 atom stereocenters. The van der Waals surface area contributed by atoms with Crippen molar-refractivity contribution in [3.63, 3.8) is 0 Å². The Balaban J connectivity index is 2.97. The molecule has 0 spiro atoms. The highest BCUT2D eigenvalue weighted by molar-refractivity contribution is 6.17. The second-order valence-corrected chi connectivity index (χ2v) is 4.16. The van der Waals surface area contributed by atoms with Crippen LogP contribution in [0, 0.1) is 5.92 Å². The maximum Gasteiger partial charge on any atom is 0.0225 e. The van der Waals surface area contributed by atoms with Crippen molar-refractivity contribution in [2.24, 2.45) is 5.92 Å². The maximum absolute atomic E-state index is 5.66. The van der Waals surface area contributed by atoms with E-state index in [1.807, 2.05) is 0 Å². The monoisotopic (exact) mass is 190 g/mol. The second-order valence-electron chi connectivity index (χ2n) is 3.79. The summed E-state index contributed by atoms with van der Waals surface area (Å²) in [7, 11) is 0. The first kappa shape index (κ1) is 12.3. The minimum Gasteiger partial charge on any atom is -0.127 e. The highest BCUT2D eigenvalue weighted by Crippen LogP contribution is 2.14. The second kappa shape index (κ2) is 9.38. The molecule has 0 aromatic heterocycles. The normalized spacial score (nSPS) is 13.2. The van der Waals surface area contributed by atoms with E-state index in [2.05, 4.69) is 13.8 Å². The van der Waals surface area contributed by atoms with E-state index in [0.717, 1.165) is 11.8 Å². The molecule has 0 fully saturated rings. The van der Waals surface area contributed by atoms with Gasteiger partial charge in [0.2, 0.25) is 0 Å². The van der Waals surface area contributed by atoms with Gasteiger partial charge in [0, 0.05) is 5.88 Å². The molecule has 0 radical (unpaired) electrons. The van der Waals surface area contributed by atoms with E-state index in [0.29, 0.717) is 0 Å². The number of unbranched alkanes of at least 4 members (excludes halogenated alkanes) is 4. The fraction of sp³-hybridized carbons (Fsp3) is 1.00. The van der Waals surface area contributed by atoms with Gasteiger partial charge in [-0.05, 0) is 12.3 Å². The average Bonchev–Trinajstić information content (AvgIpc) is 2.05. The van der Waals surface area contributed by atoms with Gasteiger partial charge < -0.3 is 0 Å². The van der Waals surface area contributed by atoms with E-state index in [4.69, 9.17) is 11.6 Å². The van der Waals surface area contributed by atoms with Crippen LogP contribution in [0.3, 0.4) is 0 Å². The third kappa shape index (κ3) is 8.39. The first-order chi connectivity index (χ1) is 5.81. The van der Waals surface area contributed by atoms with Crippen molar-refractivity contribution < 1.29 is 0 Å². The van der Waals surface area contributed by atoms with Gasteiger partial charge in [-0.25, -0.2) is 0 Å². The van der Waals surface area contributed by atoms with Gasteiger partial charge in [-0.3, -0.25) is 0 Å². The van der Waals surface area contributed by atoms with E-state index in [1.54, 1.807) is 0 Å². The summed E-state index contributed by atoms with van der Waals surface area (Å²) in [6.45, 7) is 4.57. The van der Waals surface area contributed by atoms with E-state index in [9.17, 15) is 0 Å². The molecule has 0 aliphatic rings. The summed E-state index contributed by atoms with van der Waals surface area (Å²) in [5.74, 6) is 1.67. The topological polar surface area (TPSA) is 0 Å². The number of hydrogen-bond acceptors (Lipinski definition) is 0. The first-order valence-electron chi connectivity index (χ1n) is 5.37. The predicted octanol–water partition coefficient (Wildman–Crippen LogP) is 4.61. The lowest BCUT2D eigenvalue weighted by Gasteiger charge is -2.08. The van der Waals surface area contributed by atoms with Crippen LogP contribution in [0.25, 0.3) is 0 Å². The van der Waals surface area contributed by atoms with Gasteiger partial charge in [0.15, 0.2) is 0 Å². The molecule has 0 aromatic carbocycles. The smallest absolute Gasteiger partial charge is 0.0225 e. The van der Waals surface area contributed by atoms with Gasteiger partial charge in [-0.1, -0.05) is 52.4 Å². The van der Waals surface area contributed by atoms with Crippen LogP contribution in [0.5, 0.6) is 0 Å². The summed E-state index contributed by atoms with van der Waals surface area (Å²) in [5, 5.41) is 0. The van der Waals surface area contributed by atoms with Crippen molar-refractivity contribution in [1.29, 1.82) is 0 Å². The molecule has 74 valence electrons.